The van der Waals surface area contributed by atoms with Crippen LogP contribution in [0.2, 0.25) is 0 Å². The van der Waals surface area contributed by atoms with Crippen LogP contribution in [0.3, 0.4) is 0 Å². The molecule has 0 aromatic heterocycles. The molecule has 5 heteroatoms. The highest BCUT2D eigenvalue weighted by Crippen LogP contribution is 2.26. The number of sulfone groups is 1. The lowest BCUT2D eigenvalue weighted by molar-refractivity contribution is -0.132. The molecule has 18 heavy (non-hydrogen) atoms. The summed E-state index contributed by atoms with van der Waals surface area (Å²) in [6, 6.07) is 4.98. The lowest BCUT2D eigenvalue weighted by Gasteiger charge is -2.16. The molecule has 4 nitrogen and oxygen atoms in total. The Bertz CT molecular complexity index is 626. The number of rotatable bonds is 2. The molecule has 1 heterocycles. The highest BCUT2D eigenvalue weighted by atomic mass is 32.2. The van der Waals surface area contributed by atoms with Crippen molar-refractivity contribution in [1.29, 1.82) is 0 Å². The van der Waals surface area contributed by atoms with Crippen LogP contribution in [0.25, 0.3) is 6.08 Å². The summed E-state index contributed by atoms with van der Waals surface area (Å²) in [5, 5.41) is 8.80. The van der Waals surface area contributed by atoms with Gasteiger partial charge in [0.1, 0.15) is 0 Å². The van der Waals surface area contributed by atoms with E-state index in [0.717, 1.165) is 17.5 Å². The van der Waals surface area contributed by atoms with Crippen molar-refractivity contribution in [2.75, 3.05) is 5.75 Å². The minimum atomic E-state index is -3.14. The molecule has 0 amide bonds. The molecule has 1 N–H and O–H groups in total. The quantitative estimate of drug-likeness (QED) is 0.830. The summed E-state index contributed by atoms with van der Waals surface area (Å²) in [5.41, 5.74) is 1.74. The predicted molar refractivity (Wildman–Crippen MR) is 68.1 cm³/mol. The van der Waals surface area contributed by atoms with E-state index in [4.69, 9.17) is 5.11 Å². The van der Waals surface area contributed by atoms with Crippen molar-refractivity contribution < 1.29 is 18.3 Å². The van der Waals surface area contributed by atoms with E-state index in [9.17, 15) is 13.2 Å². The van der Waals surface area contributed by atoms with Gasteiger partial charge in [0.2, 0.25) is 0 Å². The second-order valence-electron chi connectivity index (χ2n) is 4.42. The van der Waals surface area contributed by atoms with Gasteiger partial charge in [-0.15, -0.1) is 0 Å². The Morgan fingerprint density at radius 2 is 2.11 bits per heavy atom. The molecule has 0 saturated carbocycles. The van der Waals surface area contributed by atoms with Crippen LogP contribution in [0.15, 0.2) is 28.7 Å². The van der Waals surface area contributed by atoms with Crippen molar-refractivity contribution in [3.05, 3.63) is 34.9 Å². The highest BCUT2D eigenvalue weighted by molar-refractivity contribution is 7.91. The standard InChI is InChI=1S/C13H14O4S/c1-9(13(14)15)7-10-4-5-12-11(8-10)3-2-6-18(12,16)17/h4-5,7-8H,2-3,6H2,1H3,(H,14,15)/b9-7+. The van der Waals surface area contributed by atoms with Crippen molar-refractivity contribution in [3.63, 3.8) is 0 Å². The minimum Gasteiger partial charge on any atom is -0.478 e. The van der Waals surface area contributed by atoms with Gasteiger partial charge in [0.15, 0.2) is 9.84 Å². The molecular formula is C13H14O4S. The number of carboxylic acids is 1. The number of fused-ring (bicyclic) bond motifs is 1. The monoisotopic (exact) mass is 266 g/mol. The van der Waals surface area contributed by atoms with Crippen molar-refractivity contribution in [1.82, 2.24) is 0 Å². The Kier molecular flexibility index (Phi) is 3.26. The molecule has 0 atom stereocenters. The first-order valence-corrected chi connectivity index (χ1v) is 7.33. The van der Waals surface area contributed by atoms with E-state index < -0.39 is 15.8 Å². The van der Waals surface area contributed by atoms with Gasteiger partial charge in [0.25, 0.3) is 0 Å². The zero-order valence-electron chi connectivity index (χ0n) is 10.0. The Morgan fingerprint density at radius 1 is 1.39 bits per heavy atom. The van der Waals surface area contributed by atoms with Gasteiger partial charge < -0.3 is 5.11 Å². The third kappa shape index (κ3) is 2.46. The molecule has 96 valence electrons. The summed E-state index contributed by atoms with van der Waals surface area (Å²) >= 11 is 0. The Labute approximate surface area is 106 Å². The van der Waals surface area contributed by atoms with Crippen LogP contribution in [0, 0.1) is 0 Å². The smallest absolute Gasteiger partial charge is 0.331 e. The van der Waals surface area contributed by atoms with Gasteiger partial charge in [-0.05, 0) is 43.0 Å². The lowest BCUT2D eigenvalue weighted by Crippen LogP contribution is -2.16. The fraction of sp³-hybridized carbons (Fsp3) is 0.308. The van der Waals surface area contributed by atoms with Crippen LogP contribution < -0.4 is 0 Å². The summed E-state index contributed by atoms with van der Waals surface area (Å²) in [6.07, 6.45) is 2.90. The van der Waals surface area contributed by atoms with Crippen LogP contribution in [-0.4, -0.2) is 25.2 Å². The molecule has 1 aliphatic heterocycles. The van der Waals surface area contributed by atoms with Crippen molar-refractivity contribution in [2.45, 2.75) is 24.7 Å². The van der Waals surface area contributed by atoms with E-state index in [2.05, 4.69) is 0 Å². The van der Waals surface area contributed by atoms with E-state index in [1.807, 2.05) is 0 Å². The molecule has 0 fully saturated rings. The number of benzene rings is 1. The molecule has 0 bridgehead atoms. The van der Waals surface area contributed by atoms with Crippen LogP contribution in [0.1, 0.15) is 24.5 Å². The second-order valence-corrected chi connectivity index (χ2v) is 6.50. The second kappa shape index (κ2) is 4.57. The third-order valence-corrected chi connectivity index (χ3v) is 4.89. The van der Waals surface area contributed by atoms with E-state index in [0.29, 0.717) is 11.3 Å². The molecule has 0 aliphatic carbocycles. The van der Waals surface area contributed by atoms with Gasteiger partial charge in [0.05, 0.1) is 10.6 Å². The molecule has 1 aromatic rings. The Morgan fingerprint density at radius 3 is 2.78 bits per heavy atom. The van der Waals surface area contributed by atoms with E-state index in [-0.39, 0.29) is 11.3 Å². The Balaban J connectivity index is 2.46. The van der Waals surface area contributed by atoms with Gasteiger partial charge in [-0.1, -0.05) is 12.1 Å². The van der Waals surface area contributed by atoms with Gasteiger partial charge in [0, 0.05) is 5.57 Å². The van der Waals surface area contributed by atoms with Crippen molar-refractivity contribution in [2.24, 2.45) is 0 Å². The molecule has 0 saturated heterocycles. The average Bonchev–Trinajstić information content (AvgIpc) is 2.28. The molecule has 1 aromatic carbocycles. The number of carbonyl (C=O) groups is 1. The first-order valence-electron chi connectivity index (χ1n) is 5.67. The van der Waals surface area contributed by atoms with E-state index >= 15 is 0 Å². The van der Waals surface area contributed by atoms with E-state index in [1.54, 1.807) is 24.3 Å². The zero-order valence-corrected chi connectivity index (χ0v) is 10.8. The topological polar surface area (TPSA) is 71.4 Å². The van der Waals surface area contributed by atoms with Gasteiger partial charge in [-0.2, -0.15) is 0 Å². The predicted octanol–water partition coefficient (Wildman–Crippen LogP) is 1.89. The molecule has 2 rings (SSSR count). The first-order chi connectivity index (χ1) is 8.40. The number of aliphatic carboxylic acids is 1. The summed E-state index contributed by atoms with van der Waals surface area (Å²) < 4.78 is 23.6. The molecule has 0 spiro atoms. The Hall–Kier alpha value is -1.62. The maximum atomic E-state index is 11.8. The number of aryl methyl sites for hydroxylation is 1. The maximum absolute atomic E-state index is 11.8. The zero-order chi connectivity index (χ0) is 13.3. The average molecular weight is 266 g/mol. The first kappa shape index (κ1) is 12.8. The summed E-state index contributed by atoms with van der Waals surface area (Å²) in [6.45, 7) is 1.51. The van der Waals surface area contributed by atoms with Gasteiger partial charge in [-0.25, -0.2) is 13.2 Å². The summed E-state index contributed by atoms with van der Waals surface area (Å²) in [7, 11) is -3.14. The number of carboxylic acid groups (broad SMARTS) is 1. The molecule has 0 unspecified atom stereocenters. The van der Waals surface area contributed by atoms with Crippen LogP contribution in [0.5, 0.6) is 0 Å². The summed E-state index contributed by atoms with van der Waals surface area (Å²) in [4.78, 5) is 11.1. The number of hydrogen-bond acceptors (Lipinski definition) is 3. The molecule has 0 radical (unpaired) electrons. The van der Waals surface area contributed by atoms with Crippen LogP contribution in [-0.2, 0) is 21.1 Å². The fourth-order valence-corrected chi connectivity index (χ4v) is 3.64. The minimum absolute atomic E-state index is 0.198. The van der Waals surface area contributed by atoms with Gasteiger partial charge >= 0.3 is 5.97 Å². The third-order valence-electron chi connectivity index (χ3n) is 3.00. The maximum Gasteiger partial charge on any atom is 0.331 e. The fourth-order valence-electron chi connectivity index (χ4n) is 2.06. The van der Waals surface area contributed by atoms with Crippen molar-refractivity contribution in [3.8, 4) is 0 Å². The lowest BCUT2D eigenvalue weighted by atomic mass is 10.0. The normalized spacial score (nSPS) is 18.2. The molecular weight excluding hydrogens is 252 g/mol. The van der Waals surface area contributed by atoms with E-state index in [1.165, 1.54) is 6.92 Å². The van der Waals surface area contributed by atoms with Crippen LogP contribution >= 0.6 is 0 Å². The SMILES string of the molecule is C/C(=C\c1ccc2c(c1)CCCS2(=O)=O)C(=O)O. The molecule has 1 aliphatic rings. The van der Waals surface area contributed by atoms with Crippen LogP contribution in [0.4, 0.5) is 0 Å². The summed E-state index contributed by atoms with van der Waals surface area (Å²) in [5.74, 6) is -0.774. The van der Waals surface area contributed by atoms with Crippen molar-refractivity contribution >= 4 is 21.9 Å². The van der Waals surface area contributed by atoms with Gasteiger partial charge in [-0.3, -0.25) is 0 Å². The highest BCUT2D eigenvalue weighted by Gasteiger charge is 2.23. The number of hydrogen-bond donors (Lipinski definition) is 1. The largest absolute Gasteiger partial charge is 0.478 e.